The third kappa shape index (κ3) is 2.97. The van der Waals surface area contributed by atoms with Gasteiger partial charge in [-0.3, -0.25) is 0 Å². The minimum Gasteiger partial charge on any atom is -0.491 e. The monoisotopic (exact) mass is 277 g/mol. The molecule has 0 saturated heterocycles. The molecule has 2 aliphatic carbocycles. The predicted molar refractivity (Wildman–Crippen MR) is 76.6 cm³/mol. The molecule has 2 saturated carbocycles. The van der Waals surface area contributed by atoms with Gasteiger partial charge in [0.1, 0.15) is 12.4 Å². The van der Waals surface area contributed by atoms with E-state index >= 15 is 0 Å². The standard InChI is InChI=1S/C16H23NO3/c18-9-12-3-1-2-4-15(12)20-11-16(10-19,13-5-6-13)17-14-7-8-14/h1-4,13-14,17-19H,5-11H2. The van der Waals surface area contributed by atoms with Gasteiger partial charge in [0, 0.05) is 11.6 Å². The molecule has 0 amide bonds. The quantitative estimate of drug-likeness (QED) is 0.673. The Hall–Kier alpha value is -1.10. The molecular weight excluding hydrogens is 254 g/mol. The summed E-state index contributed by atoms with van der Waals surface area (Å²) in [7, 11) is 0. The van der Waals surface area contributed by atoms with Gasteiger partial charge in [0.15, 0.2) is 0 Å². The summed E-state index contributed by atoms with van der Waals surface area (Å²) in [4.78, 5) is 0. The number of para-hydroxylation sites is 1. The molecule has 1 atom stereocenters. The zero-order chi connectivity index (χ0) is 14.0. The number of hydrogen-bond acceptors (Lipinski definition) is 4. The summed E-state index contributed by atoms with van der Waals surface area (Å²) in [6.45, 7) is 0.541. The molecule has 20 heavy (non-hydrogen) atoms. The van der Waals surface area contributed by atoms with Crippen molar-refractivity contribution in [1.29, 1.82) is 0 Å². The van der Waals surface area contributed by atoms with Crippen LogP contribution in [0.15, 0.2) is 24.3 Å². The van der Waals surface area contributed by atoms with E-state index in [1.807, 2.05) is 24.3 Å². The first-order chi connectivity index (χ1) is 9.77. The van der Waals surface area contributed by atoms with Crippen LogP contribution in [0.2, 0.25) is 0 Å². The summed E-state index contributed by atoms with van der Waals surface area (Å²) < 4.78 is 5.93. The van der Waals surface area contributed by atoms with Gasteiger partial charge in [-0.1, -0.05) is 18.2 Å². The lowest BCUT2D eigenvalue weighted by atomic mass is 9.95. The molecule has 0 aromatic heterocycles. The zero-order valence-electron chi connectivity index (χ0n) is 11.7. The third-order valence-electron chi connectivity index (χ3n) is 4.34. The van der Waals surface area contributed by atoms with E-state index in [1.165, 1.54) is 12.8 Å². The predicted octanol–water partition coefficient (Wildman–Crippen LogP) is 1.45. The van der Waals surface area contributed by atoms with Crippen LogP contribution < -0.4 is 10.1 Å². The van der Waals surface area contributed by atoms with Crippen LogP contribution in [-0.2, 0) is 6.61 Å². The third-order valence-corrected chi connectivity index (χ3v) is 4.34. The fraction of sp³-hybridized carbons (Fsp3) is 0.625. The molecule has 3 N–H and O–H groups in total. The average Bonchev–Trinajstić information content (AvgIpc) is 3.37. The van der Waals surface area contributed by atoms with E-state index in [0.717, 1.165) is 18.4 Å². The first-order valence-corrected chi connectivity index (χ1v) is 7.47. The molecule has 0 aliphatic heterocycles. The summed E-state index contributed by atoms with van der Waals surface area (Å²) >= 11 is 0. The number of nitrogens with one attached hydrogen (secondary N) is 1. The lowest BCUT2D eigenvalue weighted by Crippen LogP contribution is -2.56. The molecule has 4 heteroatoms. The fourth-order valence-corrected chi connectivity index (χ4v) is 2.75. The van der Waals surface area contributed by atoms with E-state index in [0.29, 0.717) is 24.3 Å². The van der Waals surface area contributed by atoms with Gasteiger partial charge in [-0.2, -0.15) is 0 Å². The Kier molecular flexibility index (Phi) is 3.96. The highest BCUT2D eigenvalue weighted by molar-refractivity contribution is 5.32. The average molecular weight is 277 g/mol. The van der Waals surface area contributed by atoms with Crippen molar-refractivity contribution in [2.24, 2.45) is 5.92 Å². The van der Waals surface area contributed by atoms with Crippen LogP contribution in [0.3, 0.4) is 0 Å². The van der Waals surface area contributed by atoms with Crippen LogP contribution >= 0.6 is 0 Å². The molecule has 110 valence electrons. The zero-order valence-corrected chi connectivity index (χ0v) is 11.7. The maximum absolute atomic E-state index is 9.88. The van der Waals surface area contributed by atoms with E-state index in [4.69, 9.17) is 4.74 Å². The highest BCUT2D eigenvalue weighted by Gasteiger charge is 2.48. The van der Waals surface area contributed by atoms with Crippen LogP contribution in [0.1, 0.15) is 31.2 Å². The van der Waals surface area contributed by atoms with Crippen molar-refractivity contribution in [3.63, 3.8) is 0 Å². The summed E-state index contributed by atoms with van der Waals surface area (Å²) in [6, 6.07) is 8.07. The maximum Gasteiger partial charge on any atom is 0.124 e. The van der Waals surface area contributed by atoms with Crippen molar-refractivity contribution in [3.05, 3.63) is 29.8 Å². The minimum absolute atomic E-state index is 0.0260. The molecule has 3 rings (SSSR count). The second-order valence-corrected chi connectivity index (χ2v) is 6.06. The molecule has 0 spiro atoms. The molecule has 2 fully saturated rings. The molecule has 2 aliphatic rings. The topological polar surface area (TPSA) is 61.7 Å². The molecule has 1 aromatic carbocycles. The van der Waals surface area contributed by atoms with E-state index in [2.05, 4.69) is 5.32 Å². The van der Waals surface area contributed by atoms with Gasteiger partial charge >= 0.3 is 0 Å². The Bertz CT molecular complexity index is 457. The Morgan fingerprint density at radius 1 is 1.15 bits per heavy atom. The normalized spacial score (nSPS) is 21.5. The molecule has 1 aromatic rings. The lowest BCUT2D eigenvalue weighted by Gasteiger charge is -2.33. The van der Waals surface area contributed by atoms with Crippen LogP contribution in [0.4, 0.5) is 0 Å². The van der Waals surface area contributed by atoms with Gasteiger partial charge < -0.3 is 20.3 Å². The number of aliphatic hydroxyl groups excluding tert-OH is 2. The molecule has 0 bridgehead atoms. The second-order valence-electron chi connectivity index (χ2n) is 6.06. The minimum atomic E-state index is -0.316. The molecule has 4 nitrogen and oxygen atoms in total. The van der Waals surface area contributed by atoms with Crippen molar-refractivity contribution in [2.45, 2.75) is 43.9 Å². The lowest BCUT2D eigenvalue weighted by molar-refractivity contribution is 0.0820. The molecule has 0 heterocycles. The first kappa shape index (κ1) is 13.9. The number of rotatable bonds is 8. The Balaban J connectivity index is 1.69. The highest BCUT2D eigenvalue weighted by atomic mass is 16.5. The summed E-state index contributed by atoms with van der Waals surface area (Å²) in [5.41, 5.74) is 0.477. The van der Waals surface area contributed by atoms with E-state index in [-0.39, 0.29) is 18.8 Å². The van der Waals surface area contributed by atoms with E-state index < -0.39 is 0 Å². The van der Waals surface area contributed by atoms with Crippen molar-refractivity contribution in [1.82, 2.24) is 5.32 Å². The number of aliphatic hydroxyl groups is 2. The number of ether oxygens (including phenoxy) is 1. The van der Waals surface area contributed by atoms with Crippen LogP contribution in [-0.4, -0.2) is 35.0 Å². The van der Waals surface area contributed by atoms with Crippen LogP contribution in [0.25, 0.3) is 0 Å². The van der Waals surface area contributed by atoms with Crippen molar-refractivity contribution in [3.8, 4) is 5.75 Å². The second kappa shape index (κ2) is 5.72. The van der Waals surface area contributed by atoms with Crippen molar-refractivity contribution < 1.29 is 14.9 Å². The highest BCUT2D eigenvalue weighted by Crippen LogP contribution is 2.41. The van der Waals surface area contributed by atoms with Crippen molar-refractivity contribution in [2.75, 3.05) is 13.2 Å². The van der Waals surface area contributed by atoms with Gasteiger partial charge in [0.05, 0.1) is 18.8 Å². The number of benzene rings is 1. The largest absolute Gasteiger partial charge is 0.491 e. The molecule has 1 unspecified atom stereocenters. The van der Waals surface area contributed by atoms with Gasteiger partial charge in [-0.25, -0.2) is 0 Å². The first-order valence-electron chi connectivity index (χ1n) is 7.47. The summed E-state index contributed by atoms with van der Waals surface area (Å²) in [6.07, 6.45) is 4.71. The van der Waals surface area contributed by atoms with Crippen LogP contribution in [0.5, 0.6) is 5.75 Å². The summed E-state index contributed by atoms with van der Waals surface area (Å²) in [5, 5.41) is 22.8. The van der Waals surface area contributed by atoms with E-state index in [1.54, 1.807) is 0 Å². The smallest absolute Gasteiger partial charge is 0.124 e. The maximum atomic E-state index is 9.88. The van der Waals surface area contributed by atoms with Gasteiger partial charge in [-0.05, 0) is 37.7 Å². The van der Waals surface area contributed by atoms with Gasteiger partial charge in [-0.15, -0.1) is 0 Å². The van der Waals surface area contributed by atoms with Gasteiger partial charge in [0.2, 0.25) is 0 Å². The molecular formula is C16H23NO3. The fourth-order valence-electron chi connectivity index (χ4n) is 2.75. The van der Waals surface area contributed by atoms with Crippen LogP contribution in [0, 0.1) is 5.92 Å². The summed E-state index contributed by atoms with van der Waals surface area (Å²) in [5.74, 6) is 1.22. The SMILES string of the molecule is OCc1ccccc1OCC(CO)(NC1CC1)C1CC1. The Labute approximate surface area is 119 Å². The Morgan fingerprint density at radius 2 is 1.90 bits per heavy atom. The number of hydrogen-bond donors (Lipinski definition) is 3. The Morgan fingerprint density at radius 3 is 2.50 bits per heavy atom. The van der Waals surface area contributed by atoms with Gasteiger partial charge in [0.25, 0.3) is 0 Å². The van der Waals surface area contributed by atoms with Crippen molar-refractivity contribution >= 4 is 0 Å². The molecule has 0 radical (unpaired) electrons. The van der Waals surface area contributed by atoms with E-state index in [9.17, 15) is 10.2 Å².